The van der Waals surface area contributed by atoms with Crippen LogP contribution in [0.3, 0.4) is 0 Å². The van der Waals surface area contributed by atoms with E-state index >= 15 is 0 Å². The number of aromatic nitrogens is 2. The molecule has 1 aromatic rings. The van der Waals surface area contributed by atoms with Gasteiger partial charge in [0.15, 0.2) is 0 Å². The Labute approximate surface area is 139 Å². The van der Waals surface area contributed by atoms with Gasteiger partial charge in [-0.25, -0.2) is 0 Å². The van der Waals surface area contributed by atoms with Crippen molar-refractivity contribution in [2.75, 3.05) is 13.1 Å². The van der Waals surface area contributed by atoms with Gasteiger partial charge in [0.25, 0.3) is 0 Å². The predicted molar refractivity (Wildman–Crippen MR) is 83.1 cm³/mol. The first kappa shape index (κ1) is 19.7. The lowest BCUT2D eigenvalue weighted by atomic mass is 10.1. The van der Waals surface area contributed by atoms with Gasteiger partial charge in [-0.3, -0.25) is 9.48 Å². The molecule has 0 radical (unpaired) electrons. The number of rotatable bonds is 8. The third-order valence-corrected chi connectivity index (χ3v) is 3.63. The maximum atomic E-state index is 12.5. The summed E-state index contributed by atoms with van der Waals surface area (Å²) in [6.07, 6.45) is -2.56. The van der Waals surface area contributed by atoms with Crippen molar-refractivity contribution in [2.45, 2.75) is 45.8 Å². The summed E-state index contributed by atoms with van der Waals surface area (Å²) < 4.78 is 39.3. The van der Waals surface area contributed by atoms with Crippen LogP contribution in [-0.2, 0) is 17.8 Å². The molecule has 1 heterocycles. The molecule has 1 rings (SSSR count). The molecule has 132 valence electrons. The number of halogens is 3. The molecule has 0 saturated carbocycles. The van der Waals surface area contributed by atoms with E-state index in [9.17, 15) is 18.0 Å². The molecule has 24 heavy (non-hydrogen) atoms. The van der Waals surface area contributed by atoms with Crippen molar-refractivity contribution < 1.29 is 18.0 Å². The normalized spacial score (nSPS) is 11.2. The molecule has 0 atom stereocenters. The Morgan fingerprint density at radius 3 is 2.67 bits per heavy atom. The Balaban J connectivity index is 2.76. The van der Waals surface area contributed by atoms with Gasteiger partial charge in [0, 0.05) is 18.7 Å². The van der Waals surface area contributed by atoms with E-state index in [-0.39, 0.29) is 13.0 Å². The van der Waals surface area contributed by atoms with E-state index < -0.39 is 18.6 Å². The van der Waals surface area contributed by atoms with Crippen molar-refractivity contribution in [3.05, 3.63) is 29.6 Å². The van der Waals surface area contributed by atoms with Gasteiger partial charge in [-0.05, 0) is 25.8 Å². The predicted octanol–water partition coefficient (Wildman–Crippen LogP) is 2.92. The number of nitrogens with zero attached hydrogens (tertiary/aromatic N) is 4. The van der Waals surface area contributed by atoms with Gasteiger partial charge in [-0.1, -0.05) is 6.08 Å². The van der Waals surface area contributed by atoms with Gasteiger partial charge < -0.3 is 4.90 Å². The number of alkyl halides is 3. The number of hydrogen-bond donors (Lipinski definition) is 0. The molecule has 0 unspecified atom stereocenters. The molecule has 0 aliphatic rings. The van der Waals surface area contributed by atoms with Crippen molar-refractivity contribution >= 4 is 5.91 Å². The van der Waals surface area contributed by atoms with Crippen molar-refractivity contribution in [2.24, 2.45) is 0 Å². The second-order valence-electron chi connectivity index (χ2n) is 5.46. The summed E-state index contributed by atoms with van der Waals surface area (Å²) in [5, 5.41) is 12.9. The fourth-order valence-corrected chi connectivity index (χ4v) is 2.49. The molecule has 1 amide bonds. The van der Waals surface area contributed by atoms with E-state index in [1.165, 1.54) is 6.08 Å². The van der Waals surface area contributed by atoms with Crippen LogP contribution in [0, 0.1) is 25.2 Å². The highest BCUT2D eigenvalue weighted by Crippen LogP contribution is 2.19. The molecule has 8 heteroatoms. The monoisotopic (exact) mass is 342 g/mol. The van der Waals surface area contributed by atoms with Crippen LogP contribution in [-0.4, -0.2) is 39.9 Å². The lowest BCUT2D eigenvalue weighted by Crippen LogP contribution is -2.39. The molecule has 0 aromatic carbocycles. The van der Waals surface area contributed by atoms with Crippen LogP contribution in [0.4, 0.5) is 13.2 Å². The van der Waals surface area contributed by atoms with E-state index in [2.05, 4.69) is 11.7 Å². The molecule has 0 spiro atoms. The number of nitriles is 1. The molecule has 0 aliphatic heterocycles. The Hall–Kier alpha value is -2.30. The number of carbonyl (C=O) groups excluding carboxylic acids is 1. The van der Waals surface area contributed by atoms with Crippen molar-refractivity contribution in [3.63, 3.8) is 0 Å². The van der Waals surface area contributed by atoms with Crippen LogP contribution in [0.1, 0.15) is 29.8 Å². The molecule has 0 bridgehead atoms. The lowest BCUT2D eigenvalue weighted by Gasteiger charge is -2.22. The van der Waals surface area contributed by atoms with Crippen LogP contribution in [0.15, 0.2) is 12.7 Å². The molecular formula is C16H21F3N4O. The third-order valence-electron chi connectivity index (χ3n) is 3.63. The zero-order chi connectivity index (χ0) is 18.3. The summed E-state index contributed by atoms with van der Waals surface area (Å²) in [5.41, 5.74) is 2.40. The van der Waals surface area contributed by atoms with Crippen LogP contribution < -0.4 is 0 Å². The maximum Gasteiger partial charge on any atom is 0.406 e. The Bertz CT molecular complexity index is 628. The van der Waals surface area contributed by atoms with Crippen LogP contribution in [0.25, 0.3) is 0 Å². The molecular weight excluding hydrogens is 321 g/mol. The average molecular weight is 342 g/mol. The van der Waals surface area contributed by atoms with Crippen LogP contribution >= 0.6 is 0 Å². The summed E-state index contributed by atoms with van der Waals surface area (Å²) in [5.74, 6) is -0.573. The van der Waals surface area contributed by atoms with Gasteiger partial charge >= 0.3 is 6.18 Å². The molecule has 1 aromatic heterocycles. The first-order chi connectivity index (χ1) is 11.2. The van der Waals surface area contributed by atoms with Gasteiger partial charge in [0.05, 0.1) is 24.7 Å². The summed E-state index contributed by atoms with van der Waals surface area (Å²) in [7, 11) is 0. The second-order valence-corrected chi connectivity index (χ2v) is 5.46. The van der Waals surface area contributed by atoms with E-state index in [1.54, 1.807) is 11.6 Å². The number of amides is 1. The minimum Gasteiger partial charge on any atom is -0.330 e. The molecule has 0 fully saturated rings. The highest BCUT2D eigenvalue weighted by Gasteiger charge is 2.32. The Morgan fingerprint density at radius 2 is 2.12 bits per heavy atom. The highest BCUT2D eigenvalue weighted by atomic mass is 19.4. The van der Waals surface area contributed by atoms with Gasteiger partial charge in [0.2, 0.25) is 5.91 Å². The van der Waals surface area contributed by atoms with Gasteiger partial charge in [-0.2, -0.15) is 23.5 Å². The fraction of sp³-hybridized carbons (Fsp3) is 0.562. The SMILES string of the molecule is C=CCN(CC(F)(F)F)C(=O)CCc1c(C)nn(CCC#N)c1C. The van der Waals surface area contributed by atoms with Crippen LogP contribution in [0.2, 0.25) is 0 Å². The van der Waals surface area contributed by atoms with Gasteiger partial charge in [-0.15, -0.1) is 6.58 Å². The molecule has 0 N–H and O–H groups in total. The molecule has 0 saturated heterocycles. The first-order valence-electron chi connectivity index (χ1n) is 7.54. The smallest absolute Gasteiger partial charge is 0.330 e. The maximum absolute atomic E-state index is 12.5. The average Bonchev–Trinajstić information content (AvgIpc) is 2.75. The van der Waals surface area contributed by atoms with E-state index in [4.69, 9.17) is 5.26 Å². The quantitative estimate of drug-likeness (QED) is 0.683. The summed E-state index contributed by atoms with van der Waals surface area (Å²) >= 11 is 0. The third kappa shape index (κ3) is 5.72. The lowest BCUT2D eigenvalue weighted by molar-refractivity contribution is -0.160. The topological polar surface area (TPSA) is 61.9 Å². The number of aryl methyl sites for hydroxylation is 2. The molecule has 5 nitrogen and oxygen atoms in total. The van der Waals surface area contributed by atoms with E-state index in [0.29, 0.717) is 19.4 Å². The summed E-state index contributed by atoms with van der Waals surface area (Å²) in [6, 6.07) is 2.04. The van der Waals surface area contributed by atoms with Gasteiger partial charge in [0.1, 0.15) is 6.54 Å². The van der Waals surface area contributed by atoms with Crippen molar-refractivity contribution in [1.29, 1.82) is 5.26 Å². The number of carbonyl (C=O) groups is 1. The largest absolute Gasteiger partial charge is 0.406 e. The zero-order valence-electron chi connectivity index (χ0n) is 13.9. The van der Waals surface area contributed by atoms with E-state index in [1.807, 2.05) is 13.0 Å². The minimum absolute atomic E-state index is 0.0322. The summed E-state index contributed by atoms with van der Waals surface area (Å²) in [4.78, 5) is 12.8. The van der Waals surface area contributed by atoms with Crippen LogP contribution in [0.5, 0.6) is 0 Å². The van der Waals surface area contributed by atoms with Crippen molar-refractivity contribution in [3.8, 4) is 6.07 Å². The van der Waals surface area contributed by atoms with E-state index in [0.717, 1.165) is 21.9 Å². The zero-order valence-corrected chi connectivity index (χ0v) is 13.9. The first-order valence-corrected chi connectivity index (χ1v) is 7.54. The molecule has 0 aliphatic carbocycles. The second kappa shape index (κ2) is 8.52. The fourth-order valence-electron chi connectivity index (χ4n) is 2.49. The van der Waals surface area contributed by atoms with Crippen molar-refractivity contribution in [1.82, 2.24) is 14.7 Å². The highest BCUT2D eigenvalue weighted by molar-refractivity contribution is 5.76. The number of hydrogen-bond acceptors (Lipinski definition) is 3. The standard InChI is InChI=1S/C16H21F3N4O/c1-4-9-22(11-16(17,18)19)15(24)7-6-14-12(2)21-23(13(14)3)10-5-8-20/h4H,1,5-7,9-11H2,2-3H3. The minimum atomic E-state index is -4.44. The Morgan fingerprint density at radius 1 is 1.46 bits per heavy atom. The summed E-state index contributed by atoms with van der Waals surface area (Å²) in [6.45, 7) is 6.03. The Kier molecular flexibility index (Phi) is 7.01.